The molecule has 0 atom stereocenters. The fourth-order valence-corrected chi connectivity index (χ4v) is 3.74. The third-order valence-electron chi connectivity index (χ3n) is 3.85. The van der Waals surface area contributed by atoms with Gasteiger partial charge < -0.3 is 10.6 Å². The quantitative estimate of drug-likeness (QED) is 0.330. The van der Waals surface area contributed by atoms with Gasteiger partial charge in [0, 0.05) is 19.3 Å². The Morgan fingerprint density at radius 1 is 1.14 bits per heavy atom. The van der Waals surface area contributed by atoms with Crippen LogP contribution < -0.4 is 10.6 Å². The molecule has 0 aromatic heterocycles. The van der Waals surface area contributed by atoms with Crippen molar-refractivity contribution in [3.63, 3.8) is 0 Å². The summed E-state index contributed by atoms with van der Waals surface area (Å²) in [5.74, 6) is 0.150. The van der Waals surface area contributed by atoms with Crippen molar-refractivity contribution in [2.75, 3.05) is 12.8 Å². The second-order valence-corrected chi connectivity index (χ2v) is 8.56. The van der Waals surface area contributed by atoms with Crippen LogP contribution in [0.25, 0.3) is 0 Å². The summed E-state index contributed by atoms with van der Waals surface area (Å²) >= 11 is 5.80. The number of nitrogens with zero attached hydrogens (tertiary/aromatic N) is 1. The Bertz CT molecular complexity index is 952. The minimum absolute atomic E-state index is 0. The number of sulfone groups is 1. The molecule has 154 valence electrons. The Balaban J connectivity index is 0.00000392. The summed E-state index contributed by atoms with van der Waals surface area (Å²) in [5.41, 5.74) is 2.44. The molecule has 0 saturated heterocycles. The van der Waals surface area contributed by atoms with Crippen molar-refractivity contribution in [2.45, 2.75) is 31.8 Å². The van der Waals surface area contributed by atoms with Gasteiger partial charge >= 0.3 is 0 Å². The molecule has 0 radical (unpaired) electrons. The van der Waals surface area contributed by atoms with Crippen LogP contribution in [0.2, 0.25) is 5.02 Å². The third-order valence-corrected chi connectivity index (χ3v) is 5.39. The van der Waals surface area contributed by atoms with Crippen LogP contribution in [0, 0.1) is 12.7 Å². The lowest BCUT2D eigenvalue weighted by atomic mass is 10.1. The van der Waals surface area contributed by atoms with Gasteiger partial charge in [-0.3, -0.25) is 0 Å². The Hall–Kier alpha value is -1.39. The normalized spacial score (nSPS) is 11.7. The van der Waals surface area contributed by atoms with Crippen LogP contribution in [0.1, 0.15) is 23.6 Å². The van der Waals surface area contributed by atoms with Crippen LogP contribution in [0.5, 0.6) is 0 Å². The summed E-state index contributed by atoms with van der Waals surface area (Å²) in [4.78, 5) is 4.84. The summed E-state index contributed by atoms with van der Waals surface area (Å²) < 4.78 is 36.6. The van der Waals surface area contributed by atoms with Crippen LogP contribution in [0.3, 0.4) is 0 Å². The van der Waals surface area contributed by atoms with Crippen molar-refractivity contribution in [3.05, 3.63) is 63.9 Å². The SMILES string of the molecule is CCNC(=NCc1ccc(S(C)(=O)=O)c(C)c1)NCc1ccc(F)c(Cl)c1.I. The first-order valence-electron chi connectivity index (χ1n) is 8.46. The molecule has 0 aliphatic heterocycles. The highest BCUT2D eigenvalue weighted by atomic mass is 127. The molecule has 0 aliphatic rings. The van der Waals surface area contributed by atoms with Gasteiger partial charge in [0.15, 0.2) is 15.8 Å². The van der Waals surface area contributed by atoms with Crippen molar-refractivity contribution in [1.29, 1.82) is 0 Å². The molecule has 0 aliphatic carbocycles. The summed E-state index contributed by atoms with van der Waals surface area (Å²) in [6.07, 6.45) is 1.20. The first-order chi connectivity index (χ1) is 12.7. The fourth-order valence-electron chi connectivity index (χ4n) is 2.57. The van der Waals surface area contributed by atoms with Crippen LogP contribution >= 0.6 is 35.6 Å². The maximum atomic E-state index is 13.2. The predicted octanol–water partition coefficient (Wildman–Crippen LogP) is 4.06. The van der Waals surface area contributed by atoms with Crippen molar-refractivity contribution >= 4 is 51.4 Å². The first kappa shape index (κ1) is 24.6. The fraction of sp³-hybridized carbons (Fsp3) is 0.316. The minimum Gasteiger partial charge on any atom is -0.357 e. The molecular weight excluding hydrogens is 516 g/mol. The number of halogens is 3. The average molecular weight is 540 g/mol. The van der Waals surface area contributed by atoms with E-state index in [1.54, 1.807) is 31.2 Å². The smallest absolute Gasteiger partial charge is 0.191 e. The molecule has 9 heteroatoms. The van der Waals surface area contributed by atoms with Gasteiger partial charge in [-0.15, -0.1) is 24.0 Å². The molecule has 0 fully saturated rings. The minimum atomic E-state index is -3.23. The number of aliphatic imine (C=N–C) groups is 1. The molecule has 0 saturated carbocycles. The second kappa shape index (κ2) is 11.0. The van der Waals surface area contributed by atoms with Crippen LogP contribution in [0.4, 0.5) is 4.39 Å². The highest BCUT2D eigenvalue weighted by molar-refractivity contribution is 14.0. The largest absolute Gasteiger partial charge is 0.357 e. The summed E-state index contributed by atoms with van der Waals surface area (Å²) in [6.45, 7) is 5.24. The molecule has 2 aromatic rings. The Morgan fingerprint density at radius 3 is 2.39 bits per heavy atom. The predicted molar refractivity (Wildman–Crippen MR) is 123 cm³/mol. The van der Waals surface area contributed by atoms with Gasteiger partial charge in [-0.2, -0.15) is 0 Å². The second-order valence-electron chi connectivity index (χ2n) is 6.17. The van der Waals surface area contributed by atoms with E-state index in [0.29, 0.717) is 36.1 Å². The van der Waals surface area contributed by atoms with Crippen molar-refractivity contribution in [2.24, 2.45) is 4.99 Å². The number of hydrogen-bond acceptors (Lipinski definition) is 3. The van der Waals surface area contributed by atoms with Gasteiger partial charge in [-0.1, -0.05) is 29.8 Å². The molecule has 0 bridgehead atoms. The molecule has 0 heterocycles. The number of aryl methyl sites for hydroxylation is 1. The first-order valence-corrected chi connectivity index (χ1v) is 10.7. The van der Waals surface area contributed by atoms with E-state index in [1.807, 2.05) is 13.0 Å². The Kier molecular flexibility index (Phi) is 9.65. The topological polar surface area (TPSA) is 70.6 Å². The van der Waals surface area contributed by atoms with E-state index < -0.39 is 15.7 Å². The molecule has 5 nitrogen and oxygen atoms in total. The molecule has 28 heavy (non-hydrogen) atoms. The van der Waals surface area contributed by atoms with Gasteiger partial charge in [0.1, 0.15) is 5.82 Å². The van der Waals surface area contributed by atoms with Gasteiger partial charge in [0.25, 0.3) is 0 Å². The molecular formula is C19H24ClFIN3O2S. The molecule has 2 N–H and O–H groups in total. The van der Waals surface area contributed by atoms with E-state index in [-0.39, 0.29) is 29.0 Å². The van der Waals surface area contributed by atoms with Gasteiger partial charge in [0.05, 0.1) is 16.5 Å². The molecule has 2 aromatic carbocycles. The number of nitrogens with one attached hydrogen (secondary N) is 2. The van der Waals surface area contributed by atoms with Gasteiger partial charge in [0.2, 0.25) is 0 Å². The zero-order chi connectivity index (χ0) is 20.0. The summed E-state index contributed by atoms with van der Waals surface area (Å²) in [7, 11) is -3.23. The average Bonchev–Trinajstić information content (AvgIpc) is 2.59. The lowest BCUT2D eigenvalue weighted by Crippen LogP contribution is -2.36. The Morgan fingerprint density at radius 2 is 1.82 bits per heavy atom. The third kappa shape index (κ3) is 7.21. The standard InChI is InChI=1S/C19H23ClFN3O2S.HI/c1-4-22-19(24-12-15-5-7-17(21)16(20)10-15)23-11-14-6-8-18(13(2)9-14)27(3,25)26;/h5-10H,4,11-12H2,1-3H3,(H2,22,23,24);1H. The van der Waals surface area contributed by atoms with Crippen molar-refractivity contribution in [1.82, 2.24) is 10.6 Å². The maximum absolute atomic E-state index is 13.2. The number of guanidine groups is 1. The highest BCUT2D eigenvalue weighted by Gasteiger charge is 2.10. The van der Waals surface area contributed by atoms with Crippen molar-refractivity contribution in [3.8, 4) is 0 Å². The van der Waals surface area contributed by atoms with E-state index in [4.69, 9.17) is 11.6 Å². The van der Waals surface area contributed by atoms with E-state index in [2.05, 4.69) is 15.6 Å². The van der Waals surface area contributed by atoms with E-state index >= 15 is 0 Å². The van der Waals surface area contributed by atoms with Crippen molar-refractivity contribution < 1.29 is 12.8 Å². The number of rotatable bonds is 6. The van der Waals surface area contributed by atoms with E-state index in [0.717, 1.165) is 11.1 Å². The zero-order valence-corrected chi connectivity index (χ0v) is 19.8. The van der Waals surface area contributed by atoms with Crippen LogP contribution in [-0.4, -0.2) is 27.2 Å². The zero-order valence-electron chi connectivity index (χ0n) is 15.9. The molecule has 0 unspecified atom stereocenters. The maximum Gasteiger partial charge on any atom is 0.191 e. The molecule has 0 amide bonds. The van der Waals surface area contributed by atoms with E-state index in [9.17, 15) is 12.8 Å². The highest BCUT2D eigenvalue weighted by Crippen LogP contribution is 2.17. The van der Waals surface area contributed by atoms with Crippen LogP contribution in [0.15, 0.2) is 46.3 Å². The lowest BCUT2D eigenvalue weighted by Gasteiger charge is -2.12. The number of hydrogen-bond donors (Lipinski definition) is 2. The summed E-state index contributed by atoms with van der Waals surface area (Å²) in [6, 6.07) is 9.75. The molecule has 2 rings (SSSR count). The number of benzene rings is 2. The van der Waals surface area contributed by atoms with Crippen LogP contribution in [-0.2, 0) is 22.9 Å². The Labute approximate surface area is 187 Å². The summed E-state index contributed by atoms with van der Waals surface area (Å²) in [5, 5.41) is 6.38. The monoisotopic (exact) mass is 539 g/mol. The van der Waals surface area contributed by atoms with Gasteiger partial charge in [-0.25, -0.2) is 17.8 Å². The lowest BCUT2D eigenvalue weighted by molar-refractivity contribution is 0.601. The van der Waals surface area contributed by atoms with Gasteiger partial charge in [-0.05, 0) is 48.7 Å². The molecule has 0 spiro atoms. The van der Waals surface area contributed by atoms with E-state index in [1.165, 1.54) is 12.3 Å².